The second kappa shape index (κ2) is 4.48. The Bertz CT molecular complexity index is 602. The van der Waals surface area contributed by atoms with E-state index in [0.29, 0.717) is 16.9 Å². The van der Waals surface area contributed by atoms with Gasteiger partial charge in [0.1, 0.15) is 24.0 Å². The summed E-state index contributed by atoms with van der Waals surface area (Å²) in [4.78, 5) is 12.0. The number of hydrogen-bond acceptors (Lipinski definition) is 4. The van der Waals surface area contributed by atoms with Gasteiger partial charge in [0.05, 0.1) is 5.56 Å². The molecule has 0 atom stereocenters. The van der Waals surface area contributed by atoms with Gasteiger partial charge in [-0.1, -0.05) is 12.1 Å². The number of carbonyl (C=O) groups excluding carboxylic acids is 1. The summed E-state index contributed by atoms with van der Waals surface area (Å²) in [6.07, 6.45) is 1.34. The first-order chi connectivity index (χ1) is 8.26. The zero-order chi connectivity index (χ0) is 12.3. The number of allylic oxidation sites excluding steroid dienone is 2. The fourth-order valence-corrected chi connectivity index (χ4v) is 1.55. The summed E-state index contributed by atoms with van der Waals surface area (Å²) in [6, 6.07) is 8.71. The van der Waals surface area contributed by atoms with Crippen LogP contribution in [0.5, 0.6) is 5.75 Å². The van der Waals surface area contributed by atoms with Gasteiger partial charge in [-0.3, -0.25) is 10.2 Å². The summed E-state index contributed by atoms with van der Waals surface area (Å²) in [6.45, 7) is 0.114. The van der Waals surface area contributed by atoms with Crippen molar-refractivity contribution in [2.24, 2.45) is 0 Å². The maximum Gasteiger partial charge on any atom is 0.196 e. The van der Waals surface area contributed by atoms with Crippen molar-refractivity contribution in [2.75, 3.05) is 6.61 Å². The minimum absolute atomic E-state index is 0.0105. The van der Waals surface area contributed by atoms with Gasteiger partial charge in [-0.2, -0.15) is 5.26 Å². The van der Waals surface area contributed by atoms with E-state index >= 15 is 0 Å². The van der Waals surface area contributed by atoms with Crippen molar-refractivity contribution in [1.29, 1.82) is 10.7 Å². The molecule has 1 heterocycles. The molecule has 1 aliphatic heterocycles. The van der Waals surface area contributed by atoms with Crippen LogP contribution >= 0.6 is 0 Å². The van der Waals surface area contributed by atoms with E-state index in [1.807, 2.05) is 5.87 Å². The van der Waals surface area contributed by atoms with Crippen molar-refractivity contribution >= 4 is 11.7 Å². The number of benzene rings is 1. The largest absolute Gasteiger partial charge is 0.488 e. The third kappa shape index (κ3) is 2.00. The van der Waals surface area contributed by atoms with E-state index in [0.717, 1.165) is 0 Å². The van der Waals surface area contributed by atoms with Crippen LogP contribution in [0.25, 0.3) is 0 Å². The highest BCUT2D eigenvalue weighted by molar-refractivity contribution is 6.12. The number of hydrogen-bond donors (Lipinski definition) is 1. The van der Waals surface area contributed by atoms with Gasteiger partial charge in [-0.05, 0) is 24.1 Å². The van der Waals surface area contributed by atoms with Crippen LogP contribution in [0.2, 0.25) is 0 Å². The quantitative estimate of drug-likeness (QED) is 0.449. The lowest BCUT2D eigenvalue weighted by atomic mass is 9.99. The van der Waals surface area contributed by atoms with Crippen LogP contribution in [0.15, 0.2) is 41.5 Å². The van der Waals surface area contributed by atoms with Crippen molar-refractivity contribution < 1.29 is 9.53 Å². The third-order valence-electron chi connectivity index (χ3n) is 2.38. The molecule has 4 heteroatoms. The first kappa shape index (κ1) is 10.9. The van der Waals surface area contributed by atoms with E-state index in [9.17, 15) is 4.79 Å². The molecule has 1 N–H and O–H groups in total. The standard InChI is InChI=1S/C13H8N2O2/c14-6-9(7-15)5-10-8-17-12-4-2-1-3-11(12)13(10)16/h1-5,14H,8H2/b10-5-. The predicted molar refractivity (Wildman–Crippen MR) is 61.2 cm³/mol. The van der Waals surface area contributed by atoms with Crippen molar-refractivity contribution in [3.63, 3.8) is 0 Å². The topological polar surface area (TPSA) is 73.9 Å². The number of nitrogens with zero attached hydrogens (tertiary/aromatic N) is 1. The van der Waals surface area contributed by atoms with E-state index < -0.39 is 0 Å². The van der Waals surface area contributed by atoms with Crippen molar-refractivity contribution in [3.8, 4) is 11.8 Å². The molecule has 17 heavy (non-hydrogen) atoms. The Labute approximate surface area is 98.0 Å². The molecule has 0 fully saturated rings. The summed E-state index contributed by atoms with van der Waals surface area (Å²) in [7, 11) is 0. The number of para-hydroxylation sites is 1. The van der Waals surface area contributed by atoms with E-state index in [-0.39, 0.29) is 18.0 Å². The van der Waals surface area contributed by atoms with Crippen LogP contribution in [-0.4, -0.2) is 18.3 Å². The minimum Gasteiger partial charge on any atom is -0.488 e. The smallest absolute Gasteiger partial charge is 0.196 e. The van der Waals surface area contributed by atoms with Crippen LogP contribution in [0.4, 0.5) is 0 Å². The fourth-order valence-electron chi connectivity index (χ4n) is 1.55. The average Bonchev–Trinajstić information content (AvgIpc) is 2.38. The molecule has 0 aliphatic carbocycles. The van der Waals surface area contributed by atoms with Gasteiger partial charge < -0.3 is 4.74 Å². The molecule has 1 aromatic carbocycles. The molecular formula is C13H8N2O2. The molecule has 2 rings (SSSR count). The number of nitriles is 1. The summed E-state index contributed by atoms with van der Waals surface area (Å²) in [5.74, 6) is 2.34. The fraction of sp³-hybridized carbons (Fsp3) is 0.0769. The summed E-state index contributed by atoms with van der Waals surface area (Å²) in [5, 5.41) is 15.6. The lowest BCUT2D eigenvalue weighted by Gasteiger charge is -2.18. The van der Waals surface area contributed by atoms with Gasteiger partial charge in [-0.25, -0.2) is 0 Å². The molecule has 1 aliphatic rings. The van der Waals surface area contributed by atoms with Gasteiger partial charge in [0, 0.05) is 5.57 Å². The molecular weight excluding hydrogens is 216 g/mol. The zero-order valence-electron chi connectivity index (χ0n) is 8.86. The molecule has 0 bridgehead atoms. The summed E-state index contributed by atoms with van der Waals surface area (Å²) >= 11 is 0. The monoisotopic (exact) mass is 224 g/mol. The number of rotatable bonds is 1. The molecule has 0 amide bonds. The first-order valence-corrected chi connectivity index (χ1v) is 4.93. The third-order valence-corrected chi connectivity index (χ3v) is 2.38. The lowest BCUT2D eigenvalue weighted by molar-refractivity contribution is 0.0999. The Morgan fingerprint density at radius 3 is 2.94 bits per heavy atom. The van der Waals surface area contributed by atoms with E-state index in [1.54, 1.807) is 30.3 Å². The molecule has 4 nitrogen and oxygen atoms in total. The van der Waals surface area contributed by atoms with Gasteiger partial charge in [0.25, 0.3) is 0 Å². The molecule has 0 saturated heterocycles. The normalized spacial score (nSPS) is 15.5. The molecule has 0 radical (unpaired) electrons. The van der Waals surface area contributed by atoms with Gasteiger partial charge in [0.15, 0.2) is 5.78 Å². The summed E-state index contributed by atoms with van der Waals surface area (Å²) < 4.78 is 5.40. The number of Topliss-reactive ketones (excluding diaryl/α,β-unsaturated/α-hetero) is 1. The Kier molecular flexibility index (Phi) is 2.87. The zero-order valence-corrected chi connectivity index (χ0v) is 8.86. The minimum atomic E-state index is -0.171. The molecule has 0 unspecified atom stereocenters. The molecule has 0 spiro atoms. The molecule has 0 aromatic heterocycles. The Hall–Kier alpha value is -2.63. The van der Waals surface area contributed by atoms with Crippen LogP contribution in [0.1, 0.15) is 10.4 Å². The average molecular weight is 224 g/mol. The van der Waals surface area contributed by atoms with E-state index in [1.165, 1.54) is 6.08 Å². The Morgan fingerprint density at radius 2 is 2.24 bits per heavy atom. The predicted octanol–water partition coefficient (Wildman–Crippen LogP) is 1.89. The molecule has 0 saturated carbocycles. The van der Waals surface area contributed by atoms with Crippen LogP contribution in [0, 0.1) is 16.7 Å². The highest BCUT2D eigenvalue weighted by atomic mass is 16.5. The van der Waals surface area contributed by atoms with E-state index in [2.05, 4.69) is 0 Å². The first-order valence-electron chi connectivity index (χ1n) is 4.93. The Balaban J connectivity index is 2.43. The van der Waals surface area contributed by atoms with Crippen LogP contribution in [0.3, 0.4) is 0 Å². The van der Waals surface area contributed by atoms with Gasteiger partial charge in [-0.15, -0.1) is 0 Å². The van der Waals surface area contributed by atoms with Crippen molar-refractivity contribution in [1.82, 2.24) is 0 Å². The van der Waals surface area contributed by atoms with Crippen LogP contribution < -0.4 is 4.74 Å². The van der Waals surface area contributed by atoms with Crippen LogP contribution in [-0.2, 0) is 0 Å². The van der Waals surface area contributed by atoms with Crippen molar-refractivity contribution in [2.45, 2.75) is 0 Å². The number of ketones is 1. The number of fused-ring (bicyclic) bond motifs is 1. The lowest BCUT2D eigenvalue weighted by Crippen LogP contribution is -2.19. The second-order valence-electron chi connectivity index (χ2n) is 3.43. The number of carbonyl (C=O) groups is 1. The highest BCUT2D eigenvalue weighted by Crippen LogP contribution is 2.26. The Morgan fingerprint density at radius 1 is 1.47 bits per heavy atom. The second-order valence-corrected chi connectivity index (χ2v) is 3.43. The molecule has 1 aromatic rings. The molecule has 82 valence electrons. The van der Waals surface area contributed by atoms with Crippen molar-refractivity contribution in [3.05, 3.63) is 47.1 Å². The SMILES string of the molecule is N#CC(=C=N)/C=C1/COc2ccccc2C1=O. The number of nitrogens with one attached hydrogen (secondary N) is 1. The highest BCUT2D eigenvalue weighted by Gasteiger charge is 2.22. The maximum atomic E-state index is 12.0. The van der Waals surface area contributed by atoms with E-state index in [4.69, 9.17) is 15.4 Å². The van der Waals surface area contributed by atoms with Gasteiger partial charge in [0.2, 0.25) is 0 Å². The maximum absolute atomic E-state index is 12.0. The summed E-state index contributed by atoms with van der Waals surface area (Å²) in [5.41, 5.74) is 0.851. The number of ether oxygens (including phenoxy) is 1. The van der Waals surface area contributed by atoms with Gasteiger partial charge >= 0.3 is 0 Å².